The molecule has 0 unspecified atom stereocenters. The van der Waals surface area contributed by atoms with Crippen LogP contribution in [0.25, 0.3) is 0 Å². The average Bonchev–Trinajstić information content (AvgIpc) is 3.41. The second-order valence-electron chi connectivity index (χ2n) is 9.70. The first-order valence-corrected chi connectivity index (χ1v) is 11.9. The summed E-state index contributed by atoms with van der Waals surface area (Å²) in [5.41, 5.74) is 7.44. The van der Waals surface area contributed by atoms with E-state index in [2.05, 4.69) is 66.6 Å². The summed E-state index contributed by atoms with van der Waals surface area (Å²) in [5, 5.41) is 0. The van der Waals surface area contributed by atoms with Crippen molar-refractivity contribution < 1.29 is 26.3 Å². The minimum atomic E-state index is -0.814. The van der Waals surface area contributed by atoms with Gasteiger partial charge < -0.3 is 22.7 Å². The Morgan fingerprint density at radius 1 is 1.06 bits per heavy atom. The molecule has 2 N–H and O–H groups in total. The summed E-state index contributed by atoms with van der Waals surface area (Å²) in [5.74, 6) is 1.88. The molecule has 1 aliphatic rings. The second kappa shape index (κ2) is 10.7. The lowest BCUT2D eigenvalue weighted by molar-refractivity contribution is -0.703. The van der Waals surface area contributed by atoms with Gasteiger partial charge in [0.1, 0.15) is 23.9 Å². The summed E-state index contributed by atoms with van der Waals surface area (Å²) in [6, 6.07) is 20.7. The van der Waals surface area contributed by atoms with E-state index in [0.29, 0.717) is 12.0 Å². The lowest BCUT2D eigenvalue weighted by Crippen LogP contribution is -3.00. The zero-order valence-electron chi connectivity index (χ0n) is 20.0. The fraction of sp³-hybridized carbons (Fsp3) is 0.429. The van der Waals surface area contributed by atoms with Gasteiger partial charge in [-0.05, 0) is 48.6 Å². The number of nitrogens with two attached hydrogens (primary N) is 1. The Morgan fingerprint density at radius 3 is 2.15 bits per heavy atom. The largest absolute Gasteiger partial charge is 1.00 e. The molecule has 0 bridgehead atoms. The molecule has 0 saturated heterocycles. The lowest BCUT2D eigenvalue weighted by Gasteiger charge is -2.37. The van der Waals surface area contributed by atoms with Crippen LogP contribution in [0.5, 0.6) is 0 Å². The number of halogens is 1. The third kappa shape index (κ3) is 4.79. The highest BCUT2D eigenvalue weighted by Gasteiger charge is 2.51. The molecule has 1 fully saturated rings. The van der Waals surface area contributed by atoms with Crippen LogP contribution in [0.1, 0.15) is 62.5 Å². The van der Waals surface area contributed by atoms with Crippen molar-refractivity contribution in [1.29, 1.82) is 0 Å². The number of imidazole rings is 1. The monoisotopic (exact) mass is 509 g/mol. The summed E-state index contributed by atoms with van der Waals surface area (Å²) < 4.78 is 4.78. The van der Waals surface area contributed by atoms with Crippen molar-refractivity contribution in [2.45, 2.75) is 64.5 Å². The molecule has 1 aromatic heterocycles. The second-order valence-corrected chi connectivity index (χ2v) is 9.70. The first-order valence-electron chi connectivity index (χ1n) is 11.9. The number of hydrogen-bond donors (Lipinski definition) is 1. The van der Waals surface area contributed by atoms with Crippen LogP contribution in [0.4, 0.5) is 0 Å². The van der Waals surface area contributed by atoms with Gasteiger partial charge in [-0.15, -0.1) is 0 Å². The topological polar surface area (TPSA) is 51.9 Å². The summed E-state index contributed by atoms with van der Waals surface area (Å²) in [6.45, 7) is 7.80. The molecule has 1 aliphatic carbocycles. The minimum absolute atomic E-state index is 0. The molecule has 2 atom stereocenters. The zero-order chi connectivity index (χ0) is 22.7. The standard InChI is InChI=1S/C28H35N3O.BrH/c1-21(2)16-17-30-18-19-31(22(30)3)26-15-14-25(20-26)28(27(29)32,23-10-6-4-7-11-23)24-12-8-5-9-13-24;/h4-13,18-19,21,25-26H,14-17,20H2,1-3H3,(H-,29,32);1H/t25-,26+;/m1./s1. The molecule has 33 heavy (non-hydrogen) atoms. The van der Waals surface area contributed by atoms with Gasteiger partial charge in [-0.1, -0.05) is 74.5 Å². The van der Waals surface area contributed by atoms with Crippen molar-refractivity contribution in [2.24, 2.45) is 17.6 Å². The number of rotatable bonds is 8. The molecule has 1 saturated carbocycles. The quantitative estimate of drug-likeness (QED) is 0.463. The van der Waals surface area contributed by atoms with E-state index in [4.69, 9.17) is 5.73 Å². The molecule has 0 spiro atoms. The van der Waals surface area contributed by atoms with E-state index in [-0.39, 0.29) is 28.8 Å². The van der Waals surface area contributed by atoms with Crippen LogP contribution in [0.15, 0.2) is 73.1 Å². The fourth-order valence-corrected chi connectivity index (χ4v) is 5.67. The van der Waals surface area contributed by atoms with Gasteiger partial charge in [0.15, 0.2) is 0 Å². The highest BCUT2D eigenvalue weighted by molar-refractivity contribution is 5.91. The van der Waals surface area contributed by atoms with Gasteiger partial charge in [0.25, 0.3) is 5.82 Å². The van der Waals surface area contributed by atoms with Crippen molar-refractivity contribution in [3.63, 3.8) is 0 Å². The van der Waals surface area contributed by atoms with Crippen molar-refractivity contribution in [3.05, 3.63) is 90.0 Å². The molecule has 1 amide bonds. The summed E-state index contributed by atoms with van der Waals surface area (Å²) >= 11 is 0. The number of aromatic nitrogens is 2. The number of carbonyl (C=O) groups is 1. The third-order valence-corrected chi connectivity index (χ3v) is 7.40. The summed E-state index contributed by atoms with van der Waals surface area (Å²) in [7, 11) is 0. The van der Waals surface area contributed by atoms with E-state index in [1.54, 1.807) is 0 Å². The highest BCUT2D eigenvalue weighted by Crippen LogP contribution is 2.49. The zero-order valence-corrected chi connectivity index (χ0v) is 21.5. The molecule has 176 valence electrons. The first kappa shape index (κ1) is 25.2. The van der Waals surface area contributed by atoms with Gasteiger partial charge in [0.2, 0.25) is 5.91 Å². The number of carbonyl (C=O) groups excluding carboxylic acids is 1. The van der Waals surface area contributed by atoms with E-state index in [1.165, 1.54) is 12.2 Å². The van der Waals surface area contributed by atoms with Crippen molar-refractivity contribution >= 4 is 5.91 Å². The van der Waals surface area contributed by atoms with Gasteiger partial charge in [-0.3, -0.25) is 4.79 Å². The van der Waals surface area contributed by atoms with E-state index in [1.807, 2.05) is 36.4 Å². The first-order chi connectivity index (χ1) is 15.4. The Bertz CT molecular complexity index is 1010. The summed E-state index contributed by atoms with van der Waals surface area (Å²) in [6.07, 6.45) is 8.57. The minimum Gasteiger partial charge on any atom is -1.00 e. The predicted molar refractivity (Wildman–Crippen MR) is 128 cm³/mol. The number of aryl methyl sites for hydroxylation is 1. The van der Waals surface area contributed by atoms with Gasteiger partial charge >= 0.3 is 0 Å². The SMILES string of the molecule is Cc1n([C@H]2CC[C@@H](C(C(N)=O)(c3ccccc3)c3ccccc3)C2)cc[n+]1CCC(C)C.[Br-]. The van der Waals surface area contributed by atoms with Gasteiger partial charge in [0.05, 0.1) is 6.54 Å². The lowest BCUT2D eigenvalue weighted by atomic mass is 9.64. The number of primary amides is 1. The van der Waals surface area contributed by atoms with Crippen LogP contribution in [0, 0.1) is 18.8 Å². The number of hydrogen-bond acceptors (Lipinski definition) is 1. The molecule has 0 radical (unpaired) electrons. The van der Waals surface area contributed by atoms with Crippen LogP contribution in [0.2, 0.25) is 0 Å². The fourth-order valence-electron chi connectivity index (χ4n) is 5.67. The van der Waals surface area contributed by atoms with E-state index < -0.39 is 5.41 Å². The molecule has 3 aromatic rings. The summed E-state index contributed by atoms with van der Waals surface area (Å²) in [4.78, 5) is 13.3. The predicted octanol–water partition coefficient (Wildman–Crippen LogP) is 1.95. The van der Waals surface area contributed by atoms with E-state index in [0.717, 1.165) is 36.9 Å². The molecule has 2 aromatic carbocycles. The van der Waals surface area contributed by atoms with Crippen LogP contribution in [-0.2, 0) is 16.8 Å². The van der Waals surface area contributed by atoms with Gasteiger partial charge in [-0.25, -0.2) is 9.13 Å². The molecule has 5 heteroatoms. The maximum atomic E-state index is 13.3. The molecular formula is C28H36BrN3O. The molecular weight excluding hydrogens is 474 g/mol. The number of nitrogens with zero attached hydrogens (tertiary/aromatic N) is 2. The Labute approximate surface area is 208 Å². The van der Waals surface area contributed by atoms with Crippen molar-refractivity contribution in [3.8, 4) is 0 Å². The smallest absolute Gasteiger partial charge is 0.253 e. The maximum Gasteiger partial charge on any atom is 0.253 e. The van der Waals surface area contributed by atoms with E-state index >= 15 is 0 Å². The maximum absolute atomic E-state index is 13.3. The average molecular weight is 511 g/mol. The van der Waals surface area contributed by atoms with Gasteiger partial charge in [0, 0.05) is 6.92 Å². The van der Waals surface area contributed by atoms with Crippen LogP contribution in [-0.4, -0.2) is 10.5 Å². The molecule has 4 rings (SSSR count). The third-order valence-electron chi connectivity index (χ3n) is 7.40. The Kier molecular flexibility index (Phi) is 8.17. The molecule has 1 heterocycles. The Morgan fingerprint density at radius 2 is 1.64 bits per heavy atom. The van der Waals surface area contributed by atoms with Gasteiger partial charge in [-0.2, -0.15) is 0 Å². The molecule has 0 aliphatic heterocycles. The van der Waals surface area contributed by atoms with Crippen LogP contribution in [0.3, 0.4) is 0 Å². The van der Waals surface area contributed by atoms with Crippen LogP contribution >= 0.6 is 0 Å². The molecule has 4 nitrogen and oxygen atoms in total. The van der Waals surface area contributed by atoms with E-state index in [9.17, 15) is 4.79 Å². The number of amides is 1. The van der Waals surface area contributed by atoms with Crippen molar-refractivity contribution in [1.82, 2.24) is 4.57 Å². The normalized spacial score (nSPS) is 18.3. The Balaban J connectivity index is 0.00000306. The van der Waals surface area contributed by atoms with Crippen LogP contribution < -0.4 is 27.3 Å². The van der Waals surface area contributed by atoms with Crippen molar-refractivity contribution in [2.75, 3.05) is 0 Å². The highest BCUT2D eigenvalue weighted by atomic mass is 79.9. The number of benzene rings is 2. The Hall–Kier alpha value is -2.40.